The van der Waals surface area contributed by atoms with Crippen molar-refractivity contribution < 1.29 is 14.9 Å². The number of aliphatic hydroxyl groups excluding tert-OH is 1. The van der Waals surface area contributed by atoms with Crippen LogP contribution in [0.2, 0.25) is 0 Å². The fraction of sp³-hybridized carbons (Fsp3) is 0.484. The number of aryl methyl sites for hydroxylation is 2. The van der Waals surface area contributed by atoms with Gasteiger partial charge in [-0.2, -0.15) is 0 Å². The van der Waals surface area contributed by atoms with Crippen LogP contribution in [0.1, 0.15) is 43.7 Å². The van der Waals surface area contributed by atoms with Gasteiger partial charge in [-0.25, -0.2) is 0 Å². The van der Waals surface area contributed by atoms with E-state index >= 15 is 0 Å². The summed E-state index contributed by atoms with van der Waals surface area (Å²) < 4.78 is 6.04. The van der Waals surface area contributed by atoms with Gasteiger partial charge in [0.1, 0.15) is 18.1 Å². The number of phenols is 1. The summed E-state index contributed by atoms with van der Waals surface area (Å²) in [5, 5.41) is 22.2. The van der Waals surface area contributed by atoms with E-state index in [0.29, 0.717) is 5.75 Å². The molecule has 0 aromatic heterocycles. The van der Waals surface area contributed by atoms with Gasteiger partial charge in [0.15, 0.2) is 0 Å². The van der Waals surface area contributed by atoms with Gasteiger partial charge in [-0.05, 0) is 110 Å². The summed E-state index contributed by atoms with van der Waals surface area (Å²) >= 11 is 0. The molecule has 5 heteroatoms. The van der Waals surface area contributed by atoms with Crippen molar-refractivity contribution in [1.82, 2.24) is 4.90 Å². The number of benzene rings is 3. The molecule has 0 bridgehead atoms. The maximum absolute atomic E-state index is 10.00. The lowest BCUT2D eigenvalue weighted by molar-refractivity contribution is 0.145. The highest BCUT2D eigenvalue weighted by molar-refractivity contribution is 5.91. The lowest BCUT2D eigenvalue weighted by Gasteiger charge is -2.33. The maximum Gasteiger partial charge on any atom is 0.119 e. The SMILES string of the molecule is CC1CCN(CCOc2ccc(CCc3c(N4CCC(O)CC4)ccc4cc(O)ccc34)cc2)CC1. The van der Waals surface area contributed by atoms with Crippen LogP contribution in [-0.4, -0.2) is 60.5 Å². The van der Waals surface area contributed by atoms with Crippen LogP contribution in [0.3, 0.4) is 0 Å². The second-order valence-corrected chi connectivity index (χ2v) is 10.7. The molecule has 5 rings (SSSR count). The largest absolute Gasteiger partial charge is 0.508 e. The molecule has 0 atom stereocenters. The molecule has 3 aromatic carbocycles. The Labute approximate surface area is 215 Å². The van der Waals surface area contributed by atoms with E-state index in [0.717, 1.165) is 69.0 Å². The molecular formula is C31H40N2O3. The molecule has 192 valence electrons. The van der Waals surface area contributed by atoms with Gasteiger partial charge in [-0.15, -0.1) is 0 Å². The highest BCUT2D eigenvalue weighted by Gasteiger charge is 2.21. The number of anilines is 1. The van der Waals surface area contributed by atoms with Crippen LogP contribution in [0.4, 0.5) is 5.69 Å². The minimum Gasteiger partial charge on any atom is -0.508 e. The first-order valence-electron chi connectivity index (χ1n) is 13.7. The fourth-order valence-electron chi connectivity index (χ4n) is 5.64. The van der Waals surface area contributed by atoms with Crippen LogP contribution in [0, 0.1) is 5.92 Å². The third kappa shape index (κ3) is 6.13. The topological polar surface area (TPSA) is 56.2 Å². The molecular weight excluding hydrogens is 448 g/mol. The highest BCUT2D eigenvalue weighted by atomic mass is 16.5. The summed E-state index contributed by atoms with van der Waals surface area (Å²) in [6.45, 7) is 8.22. The highest BCUT2D eigenvalue weighted by Crippen LogP contribution is 2.33. The number of rotatable bonds is 8. The van der Waals surface area contributed by atoms with Crippen molar-refractivity contribution in [3.8, 4) is 11.5 Å². The van der Waals surface area contributed by atoms with Gasteiger partial charge in [0.25, 0.3) is 0 Å². The van der Waals surface area contributed by atoms with Gasteiger partial charge in [-0.3, -0.25) is 4.90 Å². The minimum atomic E-state index is -0.189. The Morgan fingerprint density at radius 2 is 1.61 bits per heavy atom. The van der Waals surface area contributed by atoms with Crippen molar-refractivity contribution in [2.45, 2.75) is 51.6 Å². The number of phenolic OH excluding ortho intramolecular Hbond substituents is 1. The molecule has 2 N–H and O–H groups in total. The minimum absolute atomic E-state index is 0.189. The predicted molar refractivity (Wildman–Crippen MR) is 147 cm³/mol. The van der Waals surface area contributed by atoms with Gasteiger partial charge < -0.3 is 19.8 Å². The third-order valence-electron chi connectivity index (χ3n) is 8.03. The first-order valence-corrected chi connectivity index (χ1v) is 13.7. The van der Waals surface area contributed by atoms with E-state index in [2.05, 4.69) is 53.1 Å². The fourth-order valence-corrected chi connectivity index (χ4v) is 5.64. The van der Waals surface area contributed by atoms with Gasteiger partial charge in [-0.1, -0.05) is 31.2 Å². The van der Waals surface area contributed by atoms with Crippen molar-refractivity contribution >= 4 is 16.5 Å². The first kappa shape index (κ1) is 24.9. The molecule has 2 aliphatic rings. The Hall–Kier alpha value is -2.76. The van der Waals surface area contributed by atoms with E-state index < -0.39 is 0 Å². The normalized spacial score (nSPS) is 18.1. The Morgan fingerprint density at radius 1 is 0.861 bits per heavy atom. The number of aromatic hydroxyl groups is 1. The zero-order valence-corrected chi connectivity index (χ0v) is 21.5. The molecule has 3 aromatic rings. The molecule has 2 fully saturated rings. The number of fused-ring (bicyclic) bond motifs is 1. The Bertz CT molecular complexity index is 1130. The summed E-state index contributed by atoms with van der Waals surface area (Å²) in [6, 6.07) is 18.5. The number of nitrogens with zero attached hydrogens (tertiary/aromatic N) is 2. The first-order chi connectivity index (χ1) is 17.5. The van der Waals surface area contributed by atoms with E-state index in [9.17, 15) is 10.2 Å². The van der Waals surface area contributed by atoms with Gasteiger partial charge >= 0.3 is 0 Å². The summed E-state index contributed by atoms with van der Waals surface area (Å²) in [7, 11) is 0. The number of aliphatic hydroxyl groups is 1. The van der Waals surface area contributed by atoms with Gasteiger partial charge in [0.05, 0.1) is 6.10 Å². The predicted octanol–water partition coefficient (Wildman–Crippen LogP) is 5.40. The standard InChI is InChI=1S/C31H40N2O3/c1-23-12-16-32(17-13-23)20-21-36-28-7-2-24(3-8-28)4-9-30-29-10-6-27(35)22-25(29)5-11-31(30)33-18-14-26(34)15-19-33/h2-3,5-8,10-11,22-23,26,34-35H,4,9,12-21H2,1H3. The molecule has 2 heterocycles. The molecule has 0 saturated carbocycles. The van der Waals surface area contributed by atoms with Crippen LogP contribution < -0.4 is 9.64 Å². The number of hydrogen-bond acceptors (Lipinski definition) is 5. The average Bonchev–Trinajstić information content (AvgIpc) is 2.89. The van der Waals surface area contributed by atoms with Crippen LogP contribution >= 0.6 is 0 Å². The van der Waals surface area contributed by atoms with Crippen LogP contribution in [0.25, 0.3) is 10.8 Å². The number of hydrogen-bond donors (Lipinski definition) is 2. The molecule has 2 aliphatic heterocycles. The summed E-state index contributed by atoms with van der Waals surface area (Å²) in [5.41, 5.74) is 3.87. The van der Waals surface area contributed by atoms with Gasteiger partial charge in [0.2, 0.25) is 0 Å². The molecule has 5 nitrogen and oxygen atoms in total. The molecule has 0 aliphatic carbocycles. The quantitative estimate of drug-likeness (QED) is 0.445. The van der Waals surface area contributed by atoms with Crippen LogP contribution in [-0.2, 0) is 12.8 Å². The van der Waals surface area contributed by atoms with Crippen LogP contribution in [0.15, 0.2) is 54.6 Å². The Kier molecular flexibility index (Phi) is 7.98. The summed E-state index contributed by atoms with van der Waals surface area (Å²) in [4.78, 5) is 4.92. The van der Waals surface area contributed by atoms with E-state index in [-0.39, 0.29) is 6.10 Å². The second kappa shape index (κ2) is 11.5. The number of ether oxygens (including phenoxy) is 1. The lowest BCUT2D eigenvalue weighted by atomic mass is 9.95. The number of piperidine rings is 2. The number of likely N-dealkylation sites (tertiary alicyclic amines) is 1. The molecule has 2 saturated heterocycles. The summed E-state index contributed by atoms with van der Waals surface area (Å²) in [6.07, 6.45) is 5.89. The second-order valence-electron chi connectivity index (χ2n) is 10.7. The molecule has 0 amide bonds. The zero-order valence-electron chi connectivity index (χ0n) is 21.5. The van der Waals surface area contributed by atoms with Crippen molar-refractivity contribution in [3.63, 3.8) is 0 Å². The molecule has 0 spiro atoms. The van der Waals surface area contributed by atoms with Crippen molar-refractivity contribution in [2.24, 2.45) is 5.92 Å². The van der Waals surface area contributed by atoms with Crippen molar-refractivity contribution in [2.75, 3.05) is 44.2 Å². The smallest absolute Gasteiger partial charge is 0.119 e. The van der Waals surface area contributed by atoms with Crippen molar-refractivity contribution in [3.05, 3.63) is 65.7 Å². The van der Waals surface area contributed by atoms with E-state index in [1.54, 1.807) is 6.07 Å². The summed E-state index contributed by atoms with van der Waals surface area (Å²) in [5.74, 6) is 2.10. The molecule has 36 heavy (non-hydrogen) atoms. The van der Waals surface area contributed by atoms with Crippen molar-refractivity contribution in [1.29, 1.82) is 0 Å². The van der Waals surface area contributed by atoms with E-state index in [4.69, 9.17) is 4.74 Å². The van der Waals surface area contributed by atoms with Gasteiger partial charge in [0, 0.05) is 25.3 Å². The Balaban J connectivity index is 1.23. The lowest BCUT2D eigenvalue weighted by Crippen LogP contribution is -2.36. The van der Waals surface area contributed by atoms with E-state index in [1.807, 2.05) is 12.1 Å². The maximum atomic E-state index is 10.00. The zero-order chi connectivity index (χ0) is 24.9. The monoisotopic (exact) mass is 488 g/mol. The molecule has 0 radical (unpaired) electrons. The average molecular weight is 489 g/mol. The Morgan fingerprint density at radius 3 is 2.36 bits per heavy atom. The third-order valence-corrected chi connectivity index (χ3v) is 8.03. The molecule has 0 unspecified atom stereocenters. The van der Waals surface area contributed by atoms with E-state index in [1.165, 1.54) is 48.1 Å². The van der Waals surface area contributed by atoms with Crippen LogP contribution in [0.5, 0.6) is 11.5 Å².